The number of carbonyl (C=O) groups is 1. The number of carbonyl (C=O) groups excluding carboxylic acids is 1. The van der Waals surface area contributed by atoms with Crippen molar-refractivity contribution in [2.75, 3.05) is 13.2 Å². The van der Waals surface area contributed by atoms with E-state index in [0.29, 0.717) is 35.5 Å². The van der Waals surface area contributed by atoms with Crippen LogP contribution in [0.4, 0.5) is 4.79 Å². The predicted molar refractivity (Wildman–Crippen MR) is 173 cm³/mol. The van der Waals surface area contributed by atoms with Gasteiger partial charge in [0.1, 0.15) is 11.7 Å². The number of ether oxygens (including phenoxy) is 2. The summed E-state index contributed by atoms with van der Waals surface area (Å²) in [5.41, 5.74) is 3.21. The highest BCUT2D eigenvalue weighted by Gasteiger charge is 2.44. The molecule has 6 rings (SSSR count). The molecule has 2 atom stereocenters. The predicted octanol–water partition coefficient (Wildman–Crippen LogP) is 9.83. The van der Waals surface area contributed by atoms with Crippen LogP contribution < -0.4 is 0 Å². The summed E-state index contributed by atoms with van der Waals surface area (Å²) in [5, 5.41) is 0.968. The van der Waals surface area contributed by atoms with E-state index < -0.39 is 11.7 Å². The SMILES string of the molecule is O=C1O[C@H](CCOC(c2ccccc2)(c2ccccc2)c2ccccc2)C(c2ccc(Cl)c(Cl)c2)N1CC1CCCCC1. The number of benzene rings is 4. The Morgan fingerprint density at radius 1 is 0.744 bits per heavy atom. The highest BCUT2D eigenvalue weighted by Crippen LogP contribution is 2.43. The van der Waals surface area contributed by atoms with Crippen molar-refractivity contribution >= 4 is 29.3 Å². The fourth-order valence-corrected chi connectivity index (χ4v) is 7.12. The lowest BCUT2D eigenvalue weighted by molar-refractivity contribution is -0.00566. The van der Waals surface area contributed by atoms with Gasteiger partial charge >= 0.3 is 6.09 Å². The van der Waals surface area contributed by atoms with E-state index in [1.54, 1.807) is 6.07 Å². The Hall–Kier alpha value is -3.31. The zero-order valence-corrected chi connectivity index (χ0v) is 25.7. The van der Waals surface area contributed by atoms with Gasteiger partial charge in [0.2, 0.25) is 0 Å². The van der Waals surface area contributed by atoms with Gasteiger partial charge in [-0.05, 0) is 53.1 Å². The molecule has 0 N–H and O–H groups in total. The summed E-state index contributed by atoms with van der Waals surface area (Å²) >= 11 is 12.8. The molecule has 4 aromatic rings. The van der Waals surface area contributed by atoms with Gasteiger partial charge in [-0.3, -0.25) is 4.90 Å². The van der Waals surface area contributed by atoms with Gasteiger partial charge in [0.05, 0.1) is 22.7 Å². The third kappa shape index (κ3) is 6.33. The highest BCUT2D eigenvalue weighted by atomic mass is 35.5. The Bertz CT molecular complexity index is 1400. The molecule has 1 aliphatic carbocycles. The number of amides is 1. The molecule has 43 heavy (non-hydrogen) atoms. The number of halogens is 2. The molecule has 0 aromatic heterocycles. The number of rotatable bonds is 10. The second kappa shape index (κ2) is 13.5. The molecule has 4 nitrogen and oxygen atoms in total. The second-order valence-corrected chi connectivity index (χ2v) is 12.4. The van der Waals surface area contributed by atoms with E-state index in [2.05, 4.69) is 36.4 Å². The van der Waals surface area contributed by atoms with E-state index in [-0.39, 0.29) is 12.1 Å². The van der Waals surface area contributed by atoms with Gasteiger partial charge in [-0.25, -0.2) is 4.79 Å². The van der Waals surface area contributed by atoms with Crippen LogP contribution in [-0.2, 0) is 15.1 Å². The Morgan fingerprint density at radius 2 is 1.30 bits per heavy atom. The summed E-state index contributed by atoms with van der Waals surface area (Å²) in [5.74, 6) is 0.475. The second-order valence-electron chi connectivity index (χ2n) is 11.6. The van der Waals surface area contributed by atoms with Gasteiger partial charge in [-0.2, -0.15) is 0 Å². The summed E-state index contributed by atoms with van der Waals surface area (Å²) in [7, 11) is 0. The first-order chi connectivity index (χ1) is 21.1. The van der Waals surface area contributed by atoms with Crippen LogP contribution in [0.5, 0.6) is 0 Å². The maximum absolute atomic E-state index is 13.4. The van der Waals surface area contributed by atoms with Gasteiger partial charge in [0, 0.05) is 13.0 Å². The number of cyclic esters (lactones) is 1. The highest BCUT2D eigenvalue weighted by molar-refractivity contribution is 6.42. The molecule has 6 heteroatoms. The summed E-state index contributed by atoms with van der Waals surface area (Å²) in [6.45, 7) is 1.05. The Balaban J connectivity index is 1.32. The first kappa shape index (κ1) is 29.7. The van der Waals surface area contributed by atoms with Crippen LogP contribution in [0.1, 0.15) is 66.8 Å². The number of hydrogen-bond donors (Lipinski definition) is 0. The maximum atomic E-state index is 13.4. The third-order valence-corrected chi connectivity index (χ3v) is 9.64. The van der Waals surface area contributed by atoms with E-state index in [0.717, 1.165) is 35.1 Å². The molecule has 1 aliphatic heterocycles. The monoisotopic (exact) mass is 613 g/mol. The average molecular weight is 615 g/mol. The fraction of sp³-hybridized carbons (Fsp3) is 0.324. The summed E-state index contributed by atoms with van der Waals surface area (Å²) in [6, 6.07) is 36.4. The van der Waals surface area contributed by atoms with E-state index >= 15 is 0 Å². The molecule has 1 saturated heterocycles. The van der Waals surface area contributed by atoms with E-state index in [1.165, 1.54) is 19.3 Å². The first-order valence-corrected chi connectivity index (χ1v) is 16.0. The van der Waals surface area contributed by atoms with Crippen molar-refractivity contribution in [3.63, 3.8) is 0 Å². The molecule has 2 fully saturated rings. The van der Waals surface area contributed by atoms with Crippen molar-refractivity contribution in [3.05, 3.63) is 141 Å². The largest absolute Gasteiger partial charge is 0.443 e. The maximum Gasteiger partial charge on any atom is 0.410 e. The zero-order valence-electron chi connectivity index (χ0n) is 24.2. The van der Waals surface area contributed by atoms with Crippen molar-refractivity contribution in [1.82, 2.24) is 4.90 Å². The van der Waals surface area contributed by atoms with E-state index in [4.69, 9.17) is 32.7 Å². The smallest absolute Gasteiger partial charge is 0.410 e. The first-order valence-electron chi connectivity index (χ1n) is 15.3. The number of nitrogens with zero attached hydrogens (tertiary/aromatic N) is 1. The van der Waals surface area contributed by atoms with Crippen molar-refractivity contribution in [2.24, 2.45) is 5.92 Å². The van der Waals surface area contributed by atoms with Crippen LogP contribution >= 0.6 is 23.2 Å². The lowest BCUT2D eigenvalue weighted by Crippen LogP contribution is -2.36. The topological polar surface area (TPSA) is 38.8 Å². The minimum atomic E-state index is -0.840. The Labute approximate surface area is 264 Å². The summed E-state index contributed by atoms with van der Waals surface area (Å²) in [6.07, 6.45) is 5.82. The minimum Gasteiger partial charge on any atom is -0.443 e. The lowest BCUT2D eigenvalue weighted by atomic mass is 9.80. The van der Waals surface area contributed by atoms with E-state index in [9.17, 15) is 4.79 Å². The van der Waals surface area contributed by atoms with Gasteiger partial charge in [0.15, 0.2) is 0 Å². The van der Waals surface area contributed by atoms with Crippen molar-refractivity contribution < 1.29 is 14.3 Å². The Kier molecular flexibility index (Phi) is 9.37. The molecule has 0 bridgehead atoms. The molecule has 0 spiro atoms. The van der Waals surface area contributed by atoms with Crippen LogP contribution in [0.15, 0.2) is 109 Å². The van der Waals surface area contributed by atoms with Crippen LogP contribution in [0.3, 0.4) is 0 Å². The molecule has 4 aromatic carbocycles. The summed E-state index contributed by atoms with van der Waals surface area (Å²) in [4.78, 5) is 15.3. The van der Waals surface area contributed by atoms with Crippen molar-refractivity contribution in [2.45, 2.75) is 56.3 Å². The molecule has 1 heterocycles. The molecule has 0 radical (unpaired) electrons. The summed E-state index contributed by atoms with van der Waals surface area (Å²) < 4.78 is 13.2. The third-order valence-electron chi connectivity index (χ3n) is 8.90. The quantitative estimate of drug-likeness (QED) is 0.167. The molecule has 2 aliphatic rings. The van der Waals surface area contributed by atoms with E-state index in [1.807, 2.05) is 71.6 Å². The lowest BCUT2D eigenvalue weighted by Gasteiger charge is -2.36. The standard InChI is InChI=1S/C37H37Cl2NO3/c38-32-22-21-28(25-33(32)39)35-34(43-36(41)40(35)26-27-13-5-1-6-14-27)23-24-42-37(29-15-7-2-8-16-29,30-17-9-3-10-18-30)31-19-11-4-12-20-31/h2-4,7-12,15-22,25,27,34-35H,1,5-6,13-14,23-24,26H2/t34-,35?/m1/s1. The zero-order chi connectivity index (χ0) is 29.6. The molecule has 1 saturated carbocycles. The van der Waals surface area contributed by atoms with Gasteiger partial charge in [0.25, 0.3) is 0 Å². The van der Waals surface area contributed by atoms with Crippen LogP contribution in [0, 0.1) is 5.92 Å². The van der Waals surface area contributed by atoms with Crippen molar-refractivity contribution in [3.8, 4) is 0 Å². The van der Waals surface area contributed by atoms with Gasteiger partial charge in [-0.1, -0.05) is 140 Å². The van der Waals surface area contributed by atoms with Crippen LogP contribution in [0.2, 0.25) is 10.0 Å². The Morgan fingerprint density at radius 3 is 1.84 bits per heavy atom. The fourth-order valence-electron chi connectivity index (χ4n) is 6.82. The molecule has 1 amide bonds. The van der Waals surface area contributed by atoms with Crippen LogP contribution in [-0.4, -0.2) is 30.2 Å². The van der Waals surface area contributed by atoms with Crippen molar-refractivity contribution in [1.29, 1.82) is 0 Å². The number of hydrogen-bond acceptors (Lipinski definition) is 3. The average Bonchev–Trinajstić information content (AvgIpc) is 3.36. The van der Waals surface area contributed by atoms with Crippen LogP contribution in [0.25, 0.3) is 0 Å². The molecular weight excluding hydrogens is 577 g/mol. The minimum absolute atomic E-state index is 0.271. The molecule has 222 valence electrons. The molecular formula is C37H37Cl2NO3. The molecule has 1 unspecified atom stereocenters. The normalized spacial score (nSPS) is 19.4. The van der Waals surface area contributed by atoms with Gasteiger partial charge in [-0.15, -0.1) is 0 Å². The van der Waals surface area contributed by atoms with Gasteiger partial charge < -0.3 is 9.47 Å².